The van der Waals surface area contributed by atoms with Crippen molar-refractivity contribution in [2.75, 3.05) is 0 Å². The van der Waals surface area contributed by atoms with Crippen molar-refractivity contribution in [1.82, 2.24) is 10.3 Å². The maximum atomic E-state index is 11.9. The van der Waals surface area contributed by atoms with Crippen LogP contribution in [0.1, 0.15) is 36.0 Å². The number of nitrogens with one attached hydrogen (secondary N) is 1. The number of hydrogen-bond donors (Lipinski definition) is 3. The van der Waals surface area contributed by atoms with Gasteiger partial charge in [0.15, 0.2) is 0 Å². The van der Waals surface area contributed by atoms with Gasteiger partial charge in [-0.3, -0.25) is 9.78 Å². The monoisotopic (exact) mass is 235 g/mol. The molecule has 1 aliphatic carbocycles. The highest BCUT2D eigenvalue weighted by Gasteiger charge is 2.24. The van der Waals surface area contributed by atoms with Crippen LogP contribution in [0.2, 0.25) is 0 Å². The Balaban J connectivity index is 2.04. The lowest BCUT2D eigenvalue weighted by Gasteiger charge is -2.29. The van der Waals surface area contributed by atoms with Crippen molar-refractivity contribution in [3.8, 4) is 5.75 Å². The van der Waals surface area contributed by atoms with E-state index in [-0.39, 0.29) is 29.3 Å². The second kappa shape index (κ2) is 5.14. The van der Waals surface area contributed by atoms with E-state index >= 15 is 0 Å². The zero-order valence-electron chi connectivity index (χ0n) is 9.60. The summed E-state index contributed by atoms with van der Waals surface area (Å²) >= 11 is 0. The first-order valence-corrected chi connectivity index (χ1v) is 5.88. The molecule has 0 unspecified atom stereocenters. The molecule has 92 valence electrons. The molecule has 1 heterocycles. The van der Waals surface area contributed by atoms with E-state index < -0.39 is 0 Å². The van der Waals surface area contributed by atoms with Gasteiger partial charge in [0.25, 0.3) is 5.91 Å². The van der Waals surface area contributed by atoms with Crippen LogP contribution in [0.5, 0.6) is 5.75 Å². The molecule has 0 saturated heterocycles. The Morgan fingerprint density at radius 3 is 2.94 bits per heavy atom. The summed E-state index contributed by atoms with van der Waals surface area (Å²) in [4.78, 5) is 15.7. The van der Waals surface area contributed by atoms with Crippen molar-refractivity contribution in [3.05, 3.63) is 24.0 Å². The van der Waals surface area contributed by atoms with Gasteiger partial charge in [-0.25, -0.2) is 0 Å². The topological polar surface area (TPSA) is 88.2 Å². The van der Waals surface area contributed by atoms with Gasteiger partial charge in [0, 0.05) is 18.3 Å². The molecule has 1 aromatic heterocycles. The minimum atomic E-state index is -0.285. The molecule has 1 fully saturated rings. The predicted molar refractivity (Wildman–Crippen MR) is 63.6 cm³/mol. The maximum absolute atomic E-state index is 11.9. The van der Waals surface area contributed by atoms with E-state index in [0.29, 0.717) is 0 Å². The third kappa shape index (κ3) is 2.74. The summed E-state index contributed by atoms with van der Waals surface area (Å²) in [5.74, 6) is -0.387. The van der Waals surface area contributed by atoms with Crippen LogP contribution in [-0.4, -0.2) is 28.1 Å². The molecule has 1 amide bonds. The molecule has 17 heavy (non-hydrogen) atoms. The van der Waals surface area contributed by atoms with Gasteiger partial charge in [0.1, 0.15) is 5.75 Å². The number of hydrogen-bond acceptors (Lipinski definition) is 4. The number of amides is 1. The Kier molecular flexibility index (Phi) is 3.58. The third-order valence-electron chi connectivity index (χ3n) is 3.18. The fraction of sp³-hybridized carbons (Fsp3) is 0.500. The summed E-state index contributed by atoms with van der Waals surface area (Å²) in [5.41, 5.74) is 6.20. The average Bonchev–Trinajstić information content (AvgIpc) is 2.32. The van der Waals surface area contributed by atoms with Gasteiger partial charge >= 0.3 is 0 Å². The van der Waals surface area contributed by atoms with Gasteiger partial charge < -0.3 is 16.2 Å². The Bertz CT molecular complexity index is 408. The van der Waals surface area contributed by atoms with Gasteiger partial charge in [-0.05, 0) is 18.9 Å². The van der Waals surface area contributed by atoms with E-state index in [1.807, 2.05) is 0 Å². The Morgan fingerprint density at radius 1 is 1.47 bits per heavy atom. The van der Waals surface area contributed by atoms with Crippen molar-refractivity contribution in [2.24, 2.45) is 5.73 Å². The standard InChI is InChI=1S/C12H17N3O2/c13-9-3-1-2-4-10(9)15-12(17)8-5-6-14-7-11(8)16/h5-7,9-10,16H,1-4,13H2,(H,15,17)/t9-,10-/m1/s1. The Morgan fingerprint density at radius 2 is 2.24 bits per heavy atom. The van der Waals surface area contributed by atoms with E-state index in [9.17, 15) is 9.90 Å². The molecule has 2 atom stereocenters. The van der Waals surface area contributed by atoms with Crippen molar-refractivity contribution >= 4 is 5.91 Å². The van der Waals surface area contributed by atoms with Gasteiger partial charge in [-0.15, -0.1) is 0 Å². The smallest absolute Gasteiger partial charge is 0.255 e. The number of aromatic nitrogens is 1. The molecule has 0 aliphatic heterocycles. The second-order valence-corrected chi connectivity index (χ2v) is 4.42. The summed E-state index contributed by atoms with van der Waals surface area (Å²) in [6.07, 6.45) is 6.78. The normalized spacial score (nSPS) is 24.3. The van der Waals surface area contributed by atoms with Crippen LogP contribution in [0, 0.1) is 0 Å². The fourth-order valence-electron chi connectivity index (χ4n) is 2.16. The third-order valence-corrected chi connectivity index (χ3v) is 3.18. The highest BCUT2D eigenvalue weighted by molar-refractivity contribution is 5.96. The highest BCUT2D eigenvalue weighted by atomic mass is 16.3. The molecule has 2 rings (SSSR count). The predicted octanol–water partition coefficient (Wildman–Crippen LogP) is 0.787. The fourth-order valence-corrected chi connectivity index (χ4v) is 2.16. The van der Waals surface area contributed by atoms with E-state index in [4.69, 9.17) is 5.73 Å². The van der Waals surface area contributed by atoms with E-state index in [1.54, 1.807) is 0 Å². The van der Waals surface area contributed by atoms with Crippen LogP contribution in [0.3, 0.4) is 0 Å². The van der Waals surface area contributed by atoms with Crippen LogP contribution >= 0.6 is 0 Å². The van der Waals surface area contributed by atoms with Crippen molar-refractivity contribution in [2.45, 2.75) is 37.8 Å². The van der Waals surface area contributed by atoms with Gasteiger partial charge in [0.05, 0.1) is 11.8 Å². The summed E-state index contributed by atoms with van der Waals surface area (Å²) in [6, 6.07) is 1.51. The zero-order valence-corrected chi connectivity index (χ0v) is 9.60. The van der Waals surface area contributed by atoms with Crippen molar-refractivity contribution in [3.63, 3.8) is 0 Å². The van der Waals surface area contributed by atoms with E-state index in [2.05, 4.69) is 10.3 Å². The lowest BCUT2D eigenvalue weighted by molar-refractivity contribution is 0.0918. The molecule has 1 aliphatic rings. The average molecular weight is 235 g/mol. The van der Waals surface area contributed by atoms with Crippen LogP contribution in [0.4, 0.5) is 0 Å². The quantitative estimate of drug-likeness (QED) is 0.707. The van der Waals surface area contributed by atoms with Gasteiger partial charge in [0.2, 0.25) is 0 Å². The van der Waals surface area contributed by atoms with Gasteiger partial charge in [-0.1, -0.05) is 12.8 Å². The maximum Gasteiger partial charge on any atom is 0.255 e. The molecular formula is C12H17N3O2. The van der Waals surface area contributed by atoms with E-state index in [1.165, 1.54) is 18.5 Å². The number of rotatable bonds is 2. The Hall–Kier alpha value is -1.62. The molecule has 1 saturated carbocycles. The molecule has 0 spiro atoms. The zero-order chi connectivity index (χ0) is 12.3. The first-order valence-electron chi connectivity index (χ1n) is 5.88. The molecule has 4 N–H and O–H groups in total. The summed E-state index contributed by atoms with van der Waals surface area (Å²) < 4.78 is 0. The highest BCUT2D eigenvalue weighted by Crippen LogP contribution is 2.19. The molecule has 5 heteroatoms. The van der Waals surface area contributed by atoms with E-state index in [0.717, 1.165) is 25.7 Å². The number of nitrogens with zero attached hydrogens (tertiary/aromatic N) is 1. The van der Waals surface area contributed by atoms with Crippen LogP contribution in [0.15, 0.2) is 18.5 Å². The number of aromatic hydroxyl groups is 1. The number of nitrogens with two attached hydrogens (primary N) is 1. The number of pyridine rings is 1. The molecule has 5 nitrogen and oxygen atoms in total. The second-order valence-electron chi connectivity index (χ2n) is 4.42. The molecular weight excluding hydrogens is 218 g/mol. The molecule has 1 aromatic rings. The number of carbonyl (C=O) groups excluding carboxylic acids is 1. The minimum absolute atomic E-state index is 0.00353. The number of carbonyl (C=O) groups is 1. The summed E-state index contributed by atoms with van der Waals surface area (Å²) in [6.45, 7) is 0. The molecule has 0 aromatic carbocycles. The first-order chi connectivity index (χ1) is 8.18. The molecule has 0 bridgehead atoms. The first kappa shape index (κ1) is 11.9. The van der Waals surface area contributed by atoms with Gasteiger partial charge in [-0.2, -0.15) is 0 Å². The lowest BCUT2D eigenvalue weighted by Crippen LogP contribution is -2.49. The largest absolute Gasteiger partial charge is 0.505 e. The SMILES string of the molecule is N[C@@H]1CCCC[C@H]1NC(=O)c1ccncc1O. The summed E-state index contributed by atoms with van der Waals surface area (Å²) in [7, 11) is 0. The van der Waals surface area contributed by atoms with Crippen molar-refractivity contribution in [1.29, 1.82) is 0 Å². The van der Waals surface area contributed by atoms with Crippen LogP contribution < -0.4 is 11.1 Å². The Labute approximate surface area is 100 Å². The van der Waals surface area contributed by atoms with Crippen molar-refractivity contribution < 1.29 is 9.90 Å². The van der Waals surface area contributed by atoms with Crippen LogP contribution in [0.25, 0.3) is 0 Å². The van der Waals surface area contributed by atoms with Crippen LogP contribution in [-0.2, 0) is 0 Å². The summed E-state index contributed by atoms with van der Waals surface area (Å²) in [5, 5.41) is 12.4. The molecule has 0 radical (unpaired) electrons. The lowest BCUT2D eigenvalue weighted by atomic mass is 9.91. The minimum Gasteiger partial charge on any atom is -0.505 e.